The smallest absolute Gasteiger partial charge is 0.188 e. The topological polar surface area (TPSA) is 18.5 Å². The summed E-state index contributed by atoms with van der Waals surface area (Å²) in [5, 5.41) is 3.88. The van der Waals surface area contributed by atoms with Crippen molar-refractivity contribution in [2.45, 2.75) is 0 Å². The number of ether oxygens (including phenoxy) is 2. The van der Waals surface area contributed by atoms with Gasteiger partial charge in [-0.1, -0.05) is 0 Å². The molecule has 0 saturated heterocycles. The van der Waals surface area contributed by atoms with Crippen molar-refractivity contribution >= 4 is 27.3 Å². The molecule has 0 spiro atoms. The fourth-order valence-electron chi connectivity index (χ4n) is 0.495. The molecule has 0 aliphatic carbocycles. The Labute approximate surface area is 71.9 Å². The maximum atomic E-state index is 5.17. The first-order valence-electron chi connectivity index (χ1n) is 2.68. The average molecular weight is 223 g/mol. The van der Waals surface area contributed by atoms with Gasteiger partial charge in [-0.05, 0) is 15.9 Å². The molecule has 10 heavy (non-hydrogen) atoms. The van der Waals surface area contributed by atoms with Gasteiger partial charge in [-0.25, -0.2) is 0 Å². The Kier molecular flexibility index (Phi) is 3.18. The number of hydrogen-bond acceptors (Lipinski definition) is 3. The van der Waals surface area contributed by atoms with Gasteiger partial charge in [0.05, 0.1) is 4.47 Å². The molecule has 1 aromatic rings. The van der Waals surface area contributed by atoms with Crippen molar-refractivity contribution < 1.29 is 9.47 Å². The van der Waals surface area contributed by atoms with Crippen LogP contribution in [0.4, 0.5) is 0 Å². The molecule has 0 unspecified atom stereocenters. The molecule has 0 atom stereocenters. The minimum Gasteiger partial charge on any atom is -0.466 e. The largest absolute Gasteiger partial charge is 0.466 e. The first-order valence-corrected chi connectivity index (χ1v) is 4.41. The van der Waals surface area contributed by atoms with Crippen LogP contribution < -0.4 is 4.74 Å². The van der Waals surface area contributed by atoms with E-state index in [0.717, 1.165) is 10.2 Å². The summed E-state index contributed by atoms with van der Waals surface area (Å²) in [5.41, 5.74) is 0. The summed E-state index contributed by atoms with van der Waals surface area (Å²) >= 11 is 4.92. The number of methoxy groups -OCH3 is 1. The Morgan fingerprint density at radius 1 is 1.60 bits per heavy atom. The zero-order chi connectivity index (χ0) is 7.40. The lowest BCUT2D eigenvalue weighted by molar-refractivity contribution is 0.0509. The Morgan fingerprint density at radius 2 is 2.40 bits per heavy atom. The van der Waals surface area contributed by atoms with Gasteiger partial charge in [-0.2, -0.15) is 0 Å². The molecule has 4 heteroatoms. The third-order valence-electron chi connectivity index (χ3n) is 0.914. The van der Waals surface area contributed by atoms with Crippen LogP contribution in [0.5, 0.6) is 5.75 Å². The molecule has 1 aromatic heterocycles. The van der Waals surface area contributed by atoms with E-state index in [4.69, 9.17) is 9.47 Å². The quantitative estimate of drug-likeness (QED) is 0.733. The van der Waals surface area contributed by atoms with Crippen LogP contribution in [-0.2, 0) is 4.74 Å². The Morgan fingerprint density at radius 3 is 2.90 bits per heavy atom. The van der Waals surface area contributed by atoms with Crippen LogP contribution in [0.2, 0.25) is 0 Å². The summed E-state index contributed by atoms with van der Waals surface area (Å²) < 4.78 is 10.9. The molecule has 0 fully saturated rings. The highest BCUT2D eigenvalue weighted by Gasteiger charge is 1.99. The normalized spacial score (nSPS) is 9.80. The second-order valence-corrected chi connectivity index (χ2v) is 3.23. The predicted molar refractivity (Wildman–Crippen MR) is 44.5 cm³/mol. The van der Waals surface area contributed by atoms with Gasteiger partial charge in [0.25, 0.3) is 0 Å². The van der Waals surface area contributed by atoms with E-state index in [9.17, 15) is 0 Å². The van der Waals surface area contributed by atoms with E-state index in [1.54, 1.807) is 18.4 Å². The maximum absolute atomic E-state index is 5.17. The van der Waals surface area contributed by atoms with Crippen LogP contribution in [-0.4, -0.2) is 13.9 Å². The summed E-state index contributed by atoms with van der Waals surface area (Å²) in [6, 6.07) is 0. The van der Waals surface area contributed by atoms with E-state index >= 15 is 0 Å². The van der Waals surface area contributed by atoms with Gasteiger partial charge < -0.3 is 9.47 Å². The fourth-order valence-corrected chi connectivity index (χ4v) is 1.82. The molecular weight excluding hydrogens is 216 g/mol. The maximum Gasteiger partial charge on any atom is 0.188 e. The van der Waals surface area contributed by atoms with Crippen LogP contribution in [0, 0.1) is 0 Å². The van der Waals surface area contributed by atoms with Crippen LogP contribution in [0.3, 0.4) is 0 Å². The van der Waals surface area contributed by atoms with Crippen molar-refractivity contribution in [1.82, 2.24) is 0 Å². The molecule has 0 saturated carbocycles. The van der Waals surface area contributed by atoms with Crippen LogP contribution in [0.15, 0.2) is 15.2 Å². The molecule has 2 nitrogen and oxygen atoms in total. The summed E-state index contributed by atoms with van der Waals surface area (Å²) in [5.74, 6) is 0.840. The lowest BCUT2D eigenvalue weighted by Gasteiger charge is -2.00. The van der Waals surface area contributed by atoms with Gasteiger partial charge in [0, 0.05) is 17.9 Å². The van der Waals surface area contributed by atoms with Gasteiger partial charge >= 0.3 is 0 Å². The minimum absolute atomic E-state index is 0.301. The molecule has 0 amide bonds. The van der Waals surface area contributed by atoms with Crippen molar-refractivity contribution in [1.29, 1.82) is 0 Å². The van der Waals surface area contributed by atoms with Crippen molar-refractivity contribution in [2.75, 3.05) is 13.9 Å². The SMILES string of the molecule is COCOc1cscc1Br. The van der Waals surface area contributed by atoms with E-state index in [0.29, 0.717) is 6.79 Å². The molecule has 56 valence electrons. The van der Waals surface area contributed by atoms with E-state index in [1.165, 1.54) is 0 Å². The second kappa shape index (κ2) is 3.95. The van der Waals surface area contributed by atoms with Gasteiger partial charge in [0.1, 0.15) is 5.75 Å². The number of hydrogen-bond donors (Lipinski definition) is 0. The van der Waals surface area contributed by atoms with Crippen LogP contribution in [0.1, 0.15) is 0 Å². The lowest BCUT2D eigenvalue weighted by Crippen LogP contribution is -1.97. The zero-order valence-corrected chi connectivity index (χ0v) is 7.87. The molecule has 0 aliphatic heterocycles. The molecule has 0 aliphatic rings. The van der Waals surface area contributed by atoms with Crippen molar-refractivity contribution in [3.8, 4) is 5.75 Å². The third kappa shape index (κ3) is 1.97. The molecular formula is C6H7BrO2S. The van der Waals surface area contributed by atoms with E-state index < -0.39 is 0 Å². The Hall–Kier alpha value is -0.0600. The van der Waals surface area contributed by atoms with Crippen molar-refractivity contribution in [3.05, 3.63) is 15.2 Å². The Bertz CT molecular complexity index is 199. The first-order chi connectivity index (χ1) is 4.84. The van der Waals surface area contributed by atoms with Crippen molar-refractivity contribution in [2.24, 2.45) is 0 Å². The number of thiophene rings is 1. The molecule has 0 aromatic carbocycles. The first kappa shape index (κ1) is 8.04. The van der Waals surface area contributed by atoms with Gasteiger partial charge in [0.2, 0.25) is 0 Å². The van der Waals surface area contributed by atoms with Gasteiger partial charge in [-0.3, -0.25) is 0 Å². The van der Waals surface area contributed by atoms with E-state index in [-0.39, 0.29) is 0 Å². The highest BCUT2D eigenvalue weighted by atomic mass is 79.9. The van der Waals surface area contributed by atoms with E-state index in [2.05, 4.69) is 15.9 Å². The van der Waals surface area contributed by atoms with E-state index in [1.807, 2.05) is 10.8 Å². The summed E-state index contributed by atoms with van der Waals surface area (Å²) in [4.78, 5) is 0. The summed E-state index contributed by atoms with van der Waals surface area (Å²) in [6.45, 7) is 0.301. The molecule has 1 rings (SSSR count). The standard InChI is InChI=1S/C6H7BrO2S/c1-8-4-9-6-3-10-2-5(6)7/h2-3H,4H2,1H3. The second-order valence-electron chi connectivity index (χ2n) is 1.63. The monoisotopic (exact) mass is 222 g/mol. The summed E-state index contributed by atoms with van der Waals surface area (Å²) in [7, 11) is 1.60. The highest BCUT2D eigenvalue weighted by molar-refractivity contribution is 9.10. The fraction of sp³-hybridized carbons (Fsp3) is 0.333. The zero-order valence-electron chi connectivity index (χ0n) is 5.46. The predicted octanol–water partition coefficient (Wildman–Crippen LogP) is 2.49. The number of rotatable bonds is 3. The molecule has 0 N–H and O–H groups in total. The molecule has 0 radical (unpaired) electrons. The molecule has 0 bridgehead atoms. The van der Waals surface area contributed by atoms with Crippen LogP contribution >= 0.6 is 27.3 Å². The van der Waals surface area contributed by atoms with Crippen LogP contribution in [0.25, 0.3) is 0 Å². The third-order valence-corrected chi connectivity index (χ3v) is 2.56. The lowest BCUT2D eigenvalue weighted by atomic mass is 10.6. The highest BCUT2D eigenvalue weighted by Crippen LogP contribution is 2.28. The van der Waals surface area contributed by atoms with Crippen molar-refractivity contribution in [3.63, 3.8) is 0 Å². The van der Waals surface area contributed by atoms with Gasteiger partial charge in [0.15, 0.2) is 6.79 Å². The number of halogens is 1. The summed E-state index contributed by atoms with van der Waals surface area (Å²) in [6.07, 6.45) is 0. The molecule has 1 heterocycles. The minimum atomic E-state index is 0.301. The Balaban J connectivity index is 2.49. The average Bonchev–Trinajstić information content (AvgIpc) is 2.31. The van der Waals surface area contributed by atoms with Gasteiger partial charge in [-0.15, -0.1) is 11.3 Å².